The molecule has 9 aromatic rings. The van der Waals surface area contributed by atoms with E-state index < -0.39 is 0 Å². The molecule has 0 aliphatic carbocycles. The van der Waals surface area contributed by atoms with Crippen LogP contribution in [0.2, 0.25) is 0 Å². The maximum Gasteiger partial charge on any atom is 0.430 e. The van der Waals surface area contributed by atoms with Gasteiger partial charge in [0.2, 0.25) is 0 Å². The number of fused-ring (bicyclic) bond motifs is 6. The van der Waals surface area contributed by atoms with Crippen molar-refractivity contribution in [2.45, 2.75) is 26.2 Å². The van der Waals surface area contributed by atoms with E-state index in [1.54, 1.807) is 0 Å². The molecule has 2 aliphatic rings. The van der Waals surface area contributed by atoms with Crippen LogP contribution >= 0.6 is 0 Å². The molecule has 2 aromatic heterocycles. The van der Waals surface area contributed by atoms with Gasteiger partial charge in [-0.25, -0.2) is 4.98 Å². The van der Waals surface area contributed by atoms with Gasteiger partial charge in [0.1, 0.15) is 24.0 Å². The number of ether oxygens (including phenoxy) is 1. The molecule has 294 valence electrons. The minimum atomic E-state index is -0.297. The topological polar surface area (TPSA) is 42.8 Å². The summed E-state index contributed by atoms with van der Waals surface area (Å²) in [5.74, 6) is 3.17. The molecule has 0 amide bonds. The molecule has 0 fully saturated rings. The van der Waals surface area contributed by atoms with Gasteiger partial charge in [0.25, 0.3) is 0 Å². The van der Waals surface area contributed by atoms with Crippen LogP contribution in [0, 0.1) is 0 Å². The summed E-state index contributed by atoms with van der Waals surface area (Å²) >= 11 is 0. The van der Waals surface area contributed by atoms with Crippen LogP contribution in [0.1, 0.15) is 26.3 Å². The van der Waals surface area contributed by atoms with E-state index in [9.17, 15) is 0 Å². The van der Waals surface area contributed by atoms with E-state index in [1.807, 2.05) is 12.3 Å². The van der Waals surface area contributed by atoms with Crippen LogP contribution in [0.3, 0.4) is 0 Å². The van der Waals surface area contributed by atoms with Crippen molar-refractivity contribution >= 4 is 51.0 Å². The Labute approximate surface area is 356 Å². The third-order valence-corrected chi connectivity index (χ3v) is 12.0. The van der Waals surface area contributed by atoms with Crippen molar-refractivity contribution in [1.82, 2.24) is 9.55 Å². The number of hydrogen-bond acceptors (Lipinski definition) is 5. The van der Waals surface area contributed by atoms with Crippen LogP contribution in [-0.2, 0) is 10.1 Å². The second kappa shape index (κ2) is 14.6. The van der Waals surface area contributed by atoms with E-state index in [0.717, 1.165) is 84.2 Å². The van der Waals surface area contributed by atoms with Crippen LogP contribution in [-0.4, -0.2) is 23.1 Å². The second-order valence-corrected chi connectivity index (χ2v) is 16.9. The molecule has 0 saturated heterocycles. The Balaban J connectivity index is 1.01. The van der Waals surface area contributed by atoms with Crippen molar-refractivity contribution in [3.8, 4) is 39.6 Å². The highest BCUT2D eigenvalue weighted by Gasteiger charge is 2.40. The summed E-state index contributed by atoms with van der Waals surface area (Å²) in [6.07, 6.45) is 4.08. The molecule has 0 atom stereocenters. The van der Waals surface area contributed by atoms with Crippen molar-refractivity contribution in [3.63, 3.8) is 0 Å². The second-order valence-electron chi connectivity index (χ2n) is 16.9. The molecule has 0 bridgehead atoms. The minimum absolute atomic E-state index is 0.0153. The Morgan fingerprint density at radius 2 is 1.25 bits per heavy atom. The molecule has 7 heteroatoms. The summed E-state index contributed by atoms with van der Waals surface area (Å²) in [7, 11) is 0. The van der Waals surface area contributed by atoms with Crippen molar-refractivity contribution in [3.05, 3.63) is 206 Å². The van der Waals surface area contributed by atoms with Gasteiger partial charge in [-0.3, -0.25) is 9.47 Å². The fourth-order valence-electron chi connectivity index (χ4n) is 8.95. The fraction of sp³-hybridized carbons (Fsp3) is 0.0926. The molecular formula is C54H43BN4O2. The van der Waals surface area contributed by atoms with E-state index in [1.165, 1.54) is 10.9 Å². The number of anilines is 2. The van der Waals surface area contributed by atoms with Crippen LogP contribution < -0.4 is 25.5 Å². The number of benzene rings is 7. The molecular weight excluding hydrogens is 747 g/mol. The number of hydrogen-bond donors (Lipinski definition) is 0. The van der Waals surface area contributed by atoms with E-state index in [4.69, 9.17) is 14.4 Å². The summed E-state index contributed by atoms with van der Waals surface area (Å²) in [4.78, 5) is 9.49. The van der Waals surface area contributed by atoms with Gasteiger partial charge >= 0.3 is 6.92 Å². The predicted octanol–water partition coefficient (Wildman–Crippen LogP) is 11.8. The zero-order valence-electron chi connectivity index (χ0n) is 34.4. The Bertz CT molecular complexity index is 3060. The Hall–Kier alpha value is -7.51. The first-order valence-electron chi connectivity index (χ1n) is 20.9. The van der Waals surface area contributed by atoms with Crippen molar-refractivity contribution in [2.75, 3.05) is 16.5 Å². The lowest BCUT2D eigenvalue weighted by Gasteiger charge is -2.34. The van der Waals surface area contributed by atoms with Gasteiger partial charge < -0.3 is 14.3 Å². The SMILES string of the molecule is CC(C)(C)c1ccnc(-n2c3ccccc3c3ccc(Oc4ccc5c(c4)N4CN(c6c(-c7ccccc7)cccc6-c6ccccc6)C=C4OB5c4ccccc4)cc32)c1. The van der Waals surface area contributed by atoms with Gasteiger partial charge in [-0.1, -0.05) is 154 Å². The number of nitrogens with zero attached hydrogens (tertiary/aromatic N) is 4. The average Bonchev–Trinajstić information content (AvgIpc) is 3.88. The molecule has 4 heterocycles. The molecule has 0 unspecified atom stereocenters. The van der Waals surface area contributed by atoms with Gasteiger partial charge in [-0.05, 0) is 69.4 Å². The predicted molar refractivity (Wildman–Crippen MR) is 252 cm³/mol. The van der Waals surface area contributed by atoms with Crippen molar-refractivity contribution in [2.24, 2.45) is 0 Å². The van der Waals surface area contributed by atoms with E-state index in [2.05, 4.69) is 217 Å². The summed E-state index contributed by atoms with van der Waals surface area (Å²) in [5, 5.41) is 2.33. The largest absolute Gasteiger partial charge is 0.538 e. The quantitative estimate of drug-likeness (QED) is 0.150. The molecule has 0 N–H and O–H groups in total. The molecule has 0 radical (unpaired) electrons. The highest BCUT2D eigenvalue weighted by molar-refractivity contribution is 6.81. The minimum Gasteiger partial charge on any atom is -0.538 e. The number of para-hydroxylation sites is 2. The Kier molecular flexibility index (Phi) is 8.78. The first-order valence-corrected chi connectivity index (χ1v) is 20.9. The molecule has 7 aromatic carbocycles. The summed E-state index contributed by atoms with van der Waals surface area (Å²) in [6.45, 7) is 6.97. The monoisotopic (exact) mass is 790 g/mol. The molecule has 0 saturated carbocycles. The lowest BCUT2D eigenvalue weighted by Crippen LogP contribution is -2.52. The highest BCUT2D eigenvalue weighted by atomic mass is 16.5. The van der Waals surface area contributed by atoms with Gasteiger partial charge in [0, 0.05) is 45.9 Å². The molecule has 2 aliphatic heterocycles. The summed E-state index contributed by atoms with van der Waals surface area (Å²) in [5.41, 5.74) is 12.3. The van der Waals surface area contributed by atoms with Gasteiger partial charge in [-0.2, -0.15) is 0 Å². The number of aromatic nitrogens is 2. The lowest BCUT2D eigenvalue weighted by molar-refractivity contribution is 0.430. The van der Waals surface area contributed by atoms with Gasteiger partial charge in [-0.15, -0.1) is 0 Å². The summed E-state index contributed by atoms with van der Waals surface area (Å²) < 4.78 is 16.1. The molecule has 11 rings (SSSR count). The van der Waals surface area contributed by atoms with Gasteiger partial charge in [0.05, 0.1) is 22.9 Å². The molecule has 61 heavy (non-hydrogen) atoms. The normalized spacial score (nSPS) is 13.6. The van der Waals surface area contributed by atoms with Crippen molar-refractivity contribution < 1.29 is 9.39 Å². The van der Waals surface area contributed by atoms with Crippen LogP contribution in [0.4, 0.5) is 11.4 Å². The maximum absolute atomic E-state index is 6.98. The highest BCUT2D eigenvalue weighted by Crippen LogP contribution is 2.44. The van der Waals surface area contributed by atoms with E-state index >= 15 is 0 Å². The van der Waals surface area contributed by atoms with Crippen molar-refractivity contribution in [1.29, 1.82) is 0 Å². The first kappa shape index (κ1) is 36.6. The standard InChI is InChI=1S/C54H43BN4O2/c1-54(2,3)39-30-31-56-51(32-39)59-48-25-14-13-22-45(48)46-28-26-41(33-49(46)59)60-42-27-29-47-50(34-42)58-36-57(35-52(58)61-55(47)40-20-11-6-12-21-40)53-43(37-16-7-4-8-17-37)23-15-24-44(53)38-18-9-5-10-19-38/h4-35H,36H2,1-3H3. The van der Waals surface area contributed by atoms with Gasteiger partial charge in [0.15, 0.2) is 5.88 Å². The molecule has 0 spiro atoms. The summed E-state index contributed by atoms with van der Waals surface area (Å²) in [6, 6.07) is 64.0. The number of rotatable bonds is 7. The van der Waals surface area contributed by atoms with E-state index in [0.29, 0.717) is 6.67 Å². The van der Waals surface area contributed by atoms with E-state index in [-0.39, 0.29) is 12.3 Å². The van der Waals surface area contributed by atoms with Crippen LogP contribution in [0.25, 0.3) is 49.9 Å². The third-order valence-electron chi connectivity index (χ3n) is 12.0. The third kappa shape index (κ3) is 6.50. The lowest BCUT2D eigenvalue weighted by atomic mass is 9.54. The van der Waals surface area contributed by atoms with Crippen LogP contribution in [0.15, 0.2) is 200 Å². The molecule has 6 nitrogen and oxygen atoms in total. The Morgan fingerprint density at radius 1 is 0.607 bits per heavy atom. The number of pyridine rings is 1. The Morgan fingerprint density at radius 3 is 1.97 bits per heavy atom. The zero-order valence-corrected chi connectivity index (χ0v) is 34.4. The zero-order chi connectivity index (χ0) is 41.1. The smallest absolute Gasteiger partial charge is 0.430 e. The maximum atomic E-state index is 6.98. The van der Waals surface area contributed by atoms with Crippen LogP contribution in [0.5, 0.6) is 11.5 Å². The first-order chi connectivity index (χ1) is 29.9. The fourth-order valence-corrected chi connectivity index (χ4v) is 8.95. The average molecular weight is 791 g/mol.